The third-order valence-corrected chi connectivity index (χ3v) is 6.57. The van der Waals surface area contributed by atoms with E-state index in [2.05, 4.69) is 6.92 Å². The van der Waals surface area contributed by atoms with Gasteiger partial charge in [0.25, 0.3) is 10.1 Å². The maximum Gasteiger partial charge on any atom is 0.297 e. The lowest BCUT2D eigenvalue weighted by Gasteiger charge is -2.09. The van der Waals surface area contributed by atoms with Crippen LogP contribution in [0.25, 0.3) is 0 Å². The maximum absolute atomic E-state index is 11.9. The SMILES string of the molecule is CCCCCCOCCOCCOCCOCCOCCOCCOCCOCCOS(=O)(=O)c1ccccc1. The summed E-state index contributed by atoms with van der Waals surface area (Å²) in [6.45, 7) is 10.0. The molecule has 0 aliphatic rings. The zero-order chi connectivity index (χ0) is 28.8. The smallest absolute Gasteiger partial charge is 0.297 e. The van der Waals surface area contributed by atoms with E-state index >= 15 is 0 Å². The molecule has 12 heteroatoms. The molecular formula is C28H50O11S. The van der Waals surface area contributed by atoms with Crippen LogP contribution in [0.1, 0.15) is 32.6 Å². The molecule has 0 radical (unpaired) electrons. The lowest BCUT2D eigenvalue weighted by atomic mass is 10.2. The zero-order valence-electron chi connectivity index (χ0n) is 24.1. The van der Waals surface area contributed by atoms with Crippen molar-refractivity contribution >= 4 is 10.1 Å². The van der Waals surface area contributed by atoms with Crippen LogP contribution in [0.5, 0.6) is 0 Å². The zero-order valence-corrected chi connectivity index (χ0v) is 25.0. The van der Waals surface area contributed by atoms with Gasteiger partial charge < -0.3 is 37.9 Å². The highest BCUT2D eigenvalue weighted by Gasteiger charge is 2.13. The summed E-state index contributed by atoms with van der Waals surface area (Å²) in [6, 6.07) is 7.99. The van der Waals surface area contributed by atoms with Crippen LogP contribution in [0, 0.1) is 0 Å². The summed E-state index contributed by atoms with van der Waals surface area (Å²) in [5.41, 5.74) is 0. The lowest BCUT2D eigenvalue weighted by molar-refractivity contribution is -0.0236. The van der Waals surface area contributed by atoms with Gasteiger partial charge in [0.05, 0.1) is 111 Å². The summed E-state index contributed by atoms with van der Waals surface area (Å²) in [5, 5.41) is 0. The third kappa shape index (κ3) is 23.5. The summed E-state index contributed by atoms with van der Waals surface area (Å²) in [5.74, 6) is 0. The van der Waals surface area contributed by atoms with Crippen LogP contribution in [-0.4, -0.2) is 121 Å². The quantitative estimate of drug-likeness (QED) is 0.0932. The van der Waals surface area contributed by atoms with Crippen molar-refractivity contribution in [3.8, 4) is 0 Å². The Morgan fingerprint density at radius 3 is 1.18 bits per heavy atom. The predicted molar refractivity (Wildman–Crippen MR) is 150 cm³/mol. The predicted octanol–water partition coefficient (Wildman–Crippen LogP) is 3.11. The standard InChI is InChI=1S/C28H50O11S/c1-2-3-4-8-11-31-12-13-32-14-15-33-16-17-34-18-19-35-20-21-36-22-23-37-24-25-38-26-27-39-40(29,30)28-9-6-5-7-10-28/h5-7,9-10H,2-4,8,11-27H2,1H3. The fraction of sp³-hybridized carbons (Fsp3) is 0.786. The highest BCUT2D eigenvalue weighted by Crippen LogP contribution is 2.10. The molecule has 0 N–H and O–H groups in total. The van der Waals surface area contributed by atoms with E-state index in [0.717, 1.165) is 13.0 Å². The van der Waals surface area contributed by atoms with Crippen LogP contribution in [-0.2, 0) is 52.2 Å². The Kier molecular flexibility index (Phi) is 25.7. The van der Waals surface area contributed by atoms with E-state index < -0.39 is 10.1 Å². The van der Waals surface area contributed by atoms with E-state index in [-0.39, 0.29) is 18.1 Å². The molecule has 0 heterocycles. The van der Waals surface area contributed by atoms with E-state index in [1.807, 2.05) is 0 Å². The molecule has 0 amide bonds. The van der Waals surface area contributed by atoms with E-state index in [9.17, 15) is 8.42 Å². The van der Waals surface area contributed by atoms with Crippen molar-refractivity contribution in [2.75, 3.05) is 112 Å². The first-order chi connectivity index (χ1) is 19.7. The summed E-state index contributed by atoms with van der Waals surface area (Å²) < 4.78 is 72.3. The fourth-order valence-corrected chi connectivity index (χ4v) is 4.04. The van der Waals surface area contributed by atoms with Crippen molar-refractivity contribution in [2.24, 2.45) is 0 Å². The van der Waals surface area contributed by atoms with E-state index in [0.29, 0.717) is 92.5 Å². The van der Waals surface area contributed by atoms with Gasteiger partial charge in [-0.1, -0.05) is 44.4 Å². The Morgan fingerprint density at radius 2 is 0.800 bits per heavy atom. The Hall–Kier alpha value is -1.19. The van der Waals surface area contributed by atoms with Gasteiger partial charge >= 0.3 is 0 Å². The van der Waals surface area contributed by atoms with Gasteiger partial charge in [0.15, 0.2) is 0 Å². The van der Waals surface area contributed by atoms with Crippen molar-refractivity contribution in [3.63, 3.8) is 0 Å². The first kappa shape index (κ1) is 36.8. The molecule has 0 unspecified atom stereocenters. The highest BCUT2D eigenvalue weighted by atomic mass is 32.2. The number of rotatable bonds is 31. The maximum atomic E-state index is 11.9. The molecule has 40 heavy (non-hydrogen) atoms. The Morgan fingerprint density at radius 1 is 0.450 bits per heavy atom. The van der Waals surface area contributed by atoms with Crippen LogP contribution in [0.2, 0.25) is 0 Å². The molecule has 0 saturated carbocycles. The molecule has 1 aromatic carbocycles. The van der Waals surface area contributed by atoms with Gasteiger partial charge in [0, 0.05) is 6.61 Å². The number of unbranched alkanes of at least 4 members (excludes halogenated alkanes) is 3. The second-order valence-electron chi connectivity index (χ2n) is 8.55. The Bertz CT molecular complexity index is 750. The topological polar surface area (TPSA) is 117 Å². The van der Waals surface area contributed by atoms with Gasteiger partial charge in [-0.25, -0.2) is 0 Å². The van der Waals surface area contributed by atoms with Gasteiger partial charge in [-0.05, 0) is 18.6 Å². The molecule has 0 aliphatic carbocycles. The minimum absolute atomic E-state index is 0.0511. The third-order valence-electron chi connectivity index (χ3n) is 5.24. The van der Waals surface area contributed by atoms with Crippen molar-refractivity contribution in [2.45, 2.75) is 37.5 Å². The van der Waals surface area contributed by atoms with Crippen LogP contribution in [0.3, 0.4) is 0 Å². The van der Waals surface area contributed by atoms with Crippen LogP contribution >= 0.6 is 0 Å². The first-order valence-electron chi connectivity index (χ1n) is 14.2. The van der Waals surface area contributed by atoms with Crippen molar-refractivity contribution < 1.29 is 50.5 Å². The molecule has 0 spiro atoms. The van der Waals surface area contributed by atoms with Crippen molar-refractivity contribution in [3.05, 3.63) is 30.3 Å². The molecule has 0 atom stereocenters. The number of benzene rings is 1. The molecule has 1 rings (SSSR count). The second kappa shape index (κ2) is 28.0. The average Bonchev–Trinajstić information content (AvgIpc) is 2.97. The Balaban J connectivity index is 1.69. The molecule has 0 aliphatic heterocycles. The summed E-state index contributed by atoms with van der Waals surface area (Å²) in [6.07, 6.45) is 4.87. The largest absolute Gasteiger partial charge is 0.379 e. The molecule has 0 saturated heterocycles. The van der Waals surface area contributed by atoms with E-state index in [4.69, 9.17) is 42.1 Å². The normalized spacial score (nSPS) is 11.8. The van der Waals surface area contributed by atoms with Gasteiger partial charge in [-0.3, -0.25) is 4.18 Å². The van der Waals surface area contributed by atoms with Crippen molar-refractivity contribution in [1.82, 2.24) is 0 Å². The van der Waals surface area contributed by atoms with Crippen LogP contribution < -0.4 is 0 Å². The monoisotopic (exact) mass is 594 g/mol. The van der Waals surface area contributed by atoms with Crippen molar-refractivity contribution in [1.29, 1.82) is 0 Å². The molecular weight excluding hydrogens is 544 g/mol. The van der Waals surface area contributed by atoms with Gasteiger partial charge in [0.1, 0.15) is 0 Å². The molecule has 0 fully saturated rings. The highest BCUT2D eigenvalue weighted by molar-refractivity contribution is 7.86. The van der Waals surface area contributed by atoms with Gasteiger partial charge in [-0.15, -0.1) is 0 Å². The summed E-state index contributed by atoms with van der Waals surface area (Å²) >= 11 is 0. The van der Waals surface area contributed by atoms with Crippen LogP contribution in [0.15, 0.2) is 35.2 Å². The second-order valence-corrected chi connectivity index (χ2v) is 10.2. The number of ether oxygens (including phenoxy) is 8. The molecule has 0 aromatic heterocycles. The average molecular weight is 595 g/mol. The molecule has 0 bridgehead atoms. The van der Waals surface area contributed by atoms with Gasteiger partial charge in [0.2, 0.25) is 0 Å². The minimum atomic E-state index is -3.75. The van der Waals surface area contributed by atoms with E-state index in [1.165, 1.54) is 31.4 Å². The number of hydrogen-bond acceptors (Lipinski definition) is 11. The summed E-state index contributed by atoms with van der Waals surface area (Å²) in [4.78, 5) is 0.126. The van der Waals surface area contributed by atoms with Gasteiger partial charge in [-0.2, -0.15) is 8.42 Å². The molecule has 234 valence electrons. The number of hydrogen-bond donors (Lipinski definition) is 0. The Labute approximate surface area is 240 Å². The molecule has 11 nitrogen and oxygen atoms in total. The first-order valence-corrected chi connectivity index (χ1v) is 15.6. The minimum Gasteiger partial charge on any atom is -0.379 e. The van der Waals surface area contributed by atoms with E-state index in [1.54, 1.807) is 18.2 Å². The summed E-state index contributed by atoms with van der Waals surface area (Å²) in [7, 11) is -3.75. The molecule has 1 aromatic rings. The fourth-order valence-electron chi connectivity index (χ4n) is 3.13. The lowest BCUT2D eigenvalue weighted by Crippen LogP contribution is -2.15. The van der Waals surface area contributed by atoms with Crippen LogP contribution in [0.4, 0.5) is 0 Å².